The lowest BCUT2D eigenvalue weighted by molar-refractivity contribution is 0.188. The molecule has 5 nitrogen and oxygen atoms in total. The van der Waals surface area contributed by atoms with Gasteiger partial charge in [0.05, 0.1) is 6.10 Å². The number of nitrogens with zero attached hydrogens (tertiary/aromatic N) is 2. The van der Waals surface area contributed by atoms with Crippen molar-refractivity contribution in [1.29, 1.82) is 0 Å². The minimum absolute atomic E-state index is 0.184. The summed E-state index contributed by atoms with van der Waals surface area (Å²) in [4.78, 5) is 11.1. The average molecular weight is 215 g/mol. The predicted octanol–water partition coefficient (Wildman–Crippen LogP) is 0.114. The molecule has 1 aliphatic rings. The lowest BCUT2D eigenvalue weighted by atomic mass is 10.3. The summed E-state index contributed by atoms with van der Waals surface area (Å²) < 4.78 is 1.47. The van der Waals surface area contributed by atoms with Gasteiger partial charge >= 0.3 is 5.69 Å². The Morgan fingerprint density at radius 3 is 2.93 bits per heavy atom. The van der Waals surface area contributed by atoms with E-state index < -0.39 is 0 Å². The number of hydrogen-bond donors (Lipinski definition) is 2. The van der Waals surface area contributed by atoms with Gasteiger partial charge in [-0.15, -0.1) is 5.10 Å². The van der Waals surface area contributed by atoms with Crippen molar-refractivity contribution in [1.82, 2.24) is 14.8 Å². The fourth-order valence-electron chi connectivity index (χ4n) is 1.62. The first-order chi connectivity index (χ1) is 6.68. The van der Waals surface area contributed by atoms with E-state index in [0.29, 0.717) is 5.16 Å². The highest BCUT2D eigenvalue weighted by atomic mass is 32.2. The maximum Gasteiger partial charge on any atom is 0.343 e. The number of aromatic amines is 1. The molecule has 0 aliphatic heterocycles. The zero-order valence-electron chi connectivity index (χ0n) is 7.93. The van der Waals surface area contributed by atoms with Crippen LogP contribution in [-0.2, 0) is 7.05 Å². The largest absolute Gasteiger partial charge is 0.392 e. The molecule has 6 heteroatoms. The fourth-order valence-corrected chi connectivity index (χ4v) is 2.81. The Morgan fingerprint density at radius 2 is 2.43 bits per heavy atom. The lowest BCUT2D eigenvalue weighted by Gasteiger charge is -2.11. The third kappa shape index (κ3) is 1.72. The summed E-state index contributed by atoms with van der Waals surface area (Å²) in [5.74, 6) is 0. The van der Waals surface area contributed by atoms with Crippen molar-refractivity contribution in [2.24, 2.45) is 7.05 Å². The molecule has 1 aromatic heterocycles. The summed E-state index contributed by atoms with van der Waals surface area (Å²) in [7, 11) is 1.68. The van der Waals surface area contributed by atoms with Gasteiger partial charge in [-0.25, -0.2) is 9.89 Å². The van der Waals surface area contributed by atoms with Crippen molar-refractivity contribution in [3.63, 3.8) is 0 Å². The Balaban J connectivity index is 2.10. The van der Waals surface area contributed by atoms with Gasteiger partial charge in [-0.3, -0.25) is 4.57 Å². The number of aromatic nitrogens is 3. The van der Waals surface area contributed by atoms with Gasteiger partial charge in [0.25, 0.3) is 0 Å². The van der Waals surface area contributed by atoms with Crippen LogP contribution >= 0.6 is 11.8 Å². The summed E-state index contributed by atoms with van der Waals surface area (Å²) >= 11 is 1.48. The van der Waals surface area contributed by atoms with Crippen molar-refractivity contribution in [3.05, 3.63) is 10.5 Å². The van der Waals surface area contributed by atoms with E-state index in [2.05, 4.69) is 10.2 Å². The van der Waals surface area contributed by atoms with E-state index in [9.17, 15) is 9.90 Å². The Labute approximate surface area is 85.5 Å². The van der Waals surface area contributed by atoms with Crippen LogP contribution in [0.25, 0.3) is 0 Å². The highest BCUT2D eigenvalue weighted by Crippen LogP contribution is 2.33. The van der Waals surface area contributed by atoms with Gasteiger partial charge in [0.15, 0.2) is 5.16 Å². The van der Waals surface area contributed by atoms with E-state index in [1.807, 2.05) is 0 Å². The molecule has 1 saturated carbocycles. The number of H-pyrrole nitrogens is 1. The second-order valence-electron chi connectivity index (χ2n) is 3.52. The fraction of sp³-hybridized carbons (Fsp3) is 0.750. The van der Waals surface area contributed by atoms with E-state index >= 15 is 0 Å². The average Bonchev–Trinajstić information content (AvgIpc) is 2.68. The molecule has 2 rings (SSSR count). The van der Waals surface area contributed by atoms with Crippen LogP contribution in [0.1, 0.15) is 19.3 Å². The first-order valence-corrected chi connectivity index (χ1v) is 5.52. The molecule has 1 aromatic rings. The molecule has 1 aliphatic carbocycles. The normalized spacial score (nSPS) is 27.0. The maximum atomic E-state index is 11.1. The van der Waals surface area contributed by atoms with Gasteiger partial charge in [-0.2, -0.15) is 0 Å². The van der Waals surface area contributed by atoms with Crippen LogP contribution in [0.15, 0.2) is 9.95 Å². The molecule has 0 unspecified atom stereocenters. The molecule has 1 fully saturated rings. The Kier molecular flexibility index (Phi) is 2.64. The summed E-state index contributed by atoms with van der Waals surface area (Å²) in [6.07, 6.45) is 2.65. The quantitative estimate of drug-likeness (QED) is 0.734. The number of hydrogen-bond acceptors (Lipinski definition) is 4. The highest BCUT2D eigenvalue weighted by molar-refractivity contribution is 7.99. The lowest BCUT2D eigenvalue weighted by Crippen LogP contribution is -2.17. The van der Waals surface area contributed by atoms with Crippen LogP contribution < -0.4 is 5.69 Å². The van der Waals surface area contributed by atoms with Crippen LogP contribution in [0.3, 0.4) is 0 Å². The van der Waals surface area contributed by atoms with E-state index in [-0.39, 0.29) is 17.0 Å². The smallest absolute Gasteiger partial charge is 0.343 e. The molecular formula is C8H13N3O2S. The summed E-state index contributed by atoms with van der Waals surface area (Å²) in [6.45, 7) is 0. The zero-order chi connectivity index (χ0) is 10.1. The van der Waals surface area contributed by atoms with Crippen LogP contribution in [-0.4, -0.2) is 31.2 Å². The van der Waals surface area contributed by atoms with E-state index in [4.69, 9.17) is 0 Å². The Hall–Kier alpha value is -0.750. The van der Waals surface area contributed by atoms with Gasteiger partial charge in [-0.05, 0) is 19.3 Å². The molecule has 2 atom stereocenters. The van der Waals surface area contributed by atoms with E-state index in [1.54, 1.807) is 7.05 Å². The second-order valence-corrected chi connectivity index (χ2v) is 4.73. The Morgan fingerprint density at radius 1 is 1.64 bits per heavy atom. The van der Waals surface area contributed by atoms with E-state index in [1.165, 1.54) is 16.3 Å². The van der Waals surface area contributed by atoms with Crippen molar-refractivity contribution in [2.75, 3.05) is 0 Å². The molecule has 2 N–H and O–H groups in total. The molecule has 0 radical (unpaired) electrons. The van der Waals surface area contributed by atoms with Crippen molar-refractivity contribution in [3.8, 4) is 0 Å². The number of aliphatic hydroxyl groups is 1. The standard InChI is InChI=1S/C8H13N3O2S/c1-11-7(13)9-10-8(11)14-6-4-2-3-5(6)12/h5-6,12H,2-4H2,1H3,(H,9,13)/t5-,6-/m0/s1. The number of rotatable bonds is 2. The molecule has 1 heterocycles. The summed E-state index contributed by atoms with van der Waals surface area (Å²) in [6, 6.07) is 0. The molecule has 0 saturated heterocycles. The molecule has 78 valence electrons. The van der Waals surface area contributed by atoms with Gasteiger partial charge in [0.2, 0.25) is 0 Å². The first-order valence-electron chi connectivity index (χ1n) is 4.64. The maximum absolute atomic E-state index is 11.1. The third-order valence-corrected chi connectivity index (χ3v) is 3.94. The summed E-state index contributed by atoms with van der Waals surface area (Å²) in [5.41, 5.74) is -0.208. The third-order valence-electron chi connectivity index (χ3n) is 2.51. The van der Waals surface area contributed by atoms with Crippen molar-refractivity contribution in [2.45, 2.75) is 35.8 Å². The molecule has 0 aromatic carbocycles. The molecule has 0 bridgehead atoms. The van der Waals surface area contributed by atoms with Crippen LogP contribution in [0.5, 0.6) is 0 Å². The van der Waals surface area contributed by atoms with Gasteiger partial charge in [0, 0.05) is 12.3 Å². The SMILES string of the molecule is Cn1c(S[C@H]2CCC[C@@H]2O)n[nH]c1=O. The highest BCUT2D eigenvalue weighted by Gasteiger charge is 2.27. The number of nitrogens with one attached hydrogen (secondary N) is 1. The minimum atomic E-state index is -0.258. The molecule has 0 amide bonds. The predicted molar refractivity (Wildman–Crippen MR) is 53.3 cm³/mol. The molecule has 0 spiro atoms. The van der Waals surface area contributed by atoms with Gasteiger partial charge in [-0.1, -0.05) is 11.8 Å². The second kappa shape index (κ2) is 3.78. The number of thioether (sulfide) groups is 1. The van der Waals surface area contributed by atoms with Gasteiger partial charge in [0.1, 0.15) is 0 Å². The van der Waals surface area contributed by atoms with Crippen LogP contribution in [0.2, 0.25) is 0 Å². The molecular weight excluding hydrogens is 202 g/mol. The van der Waals surface area contributed by atoms with Crippen LogP contribution in [0, 0.1) is 0 Å². The molecule has 14 heavy (non-hydrogen) atoms. The number of aliphatic hydroxyl groups excluding tert-OH is 1. The first kappa shape index (κ1) is 9.79. The van der Waals surface area contributed by atoms with Crippen molar-refractivity contribution < 1.29 is 5.11 Å². The Bertz CT molecular complexity index is 373. The monoisotopic (exact) mass is 215 g/mol. The minimum Gasteiger partial charge on any atom is -0.392 e. The van der Waals surface area contributed by atoms with Crippen molar-refractivity contribution >= 4 is 11.8 Å². The topological polar surface area (TPSA) is 70.9 Å². The summed E-state index contributed by atoms with van der Waals surface area (Å²) in [5, 5.41) is 16.7. The zero-order valence-corrected chi connectivity index (χ0v) is 8.75. The van der Waals surface area contributed by atoms with E-state index in [0.717, 1.165) is 19.3 Å². The van der Waals surface area contributed by atoms with Crippen LogP contribution in [0.4, 0.5) is 0 Å². The van der Waals surface area contributed by atoms with Gasteiger partial charge < -0.3 is 5.11 Å².